The first-order chi connectivity index (χ1) is 8.62. The number of fused-ring (bicyclic) bond motifs is 1. The highest BCUT2D eigenvalue weighted by Crippen LogP contribution is 2.39. The summed E-state index contributed by atoms with van der Waals surface area (Å²) < 4.78 is 16.3. The molecule has 2 aromatic rings. The Labute approximate surface area is 109 Å². The van der Waals surface area contributed by atoms with Crippen molar-refractivity contribution >= 4 is 27.4 Å². The number of benzene rings is 1. The Morgan fingerprint density at radius 3 is 2.28 bits per heavy atom. The number of hydrogen-bond donors (Lipinski definition) is 0. The van der Waals surface area contributed by atoms with E-state index in [1.165, 1.54) is 18.4 Å². The van der Waals surface area contributed by atoms with Crippen LogP contribution in [-0.4, -0.2) is 27.3 Å². The lowest BCUT2D eigenvalue weighted by Crippen LogP contribution is -1.99. The molecule has 0 atom stereocenters. The molecule has 2 rings (SSSR count). The van der Waals surface area contributed by atoms with E-state index in [0.29, 0.717) is 16.4 Å². The molecule has 0 bridgehead atoms. The van der Waals surface area contributed by atoms with Crippen LogP contribution in [0.3, 0.4) is 0 Å². The standard InChI is InChI=1S/C13H14O4S/c1-7-8-5-9(15-2)10(16-3)6-11(8)18-12(7)13(14)17-4/h5-6H,1-4H3. The maximum absolute atomic E-state index is 11.6. The van der Waals surface area contributed by atoms with Crippen LogP contribution < -0.4 is 9.47 Å². The second-order valence-electron chi connectivity index (χ2n) is 3.75. The van der Waals surface area contributed by atoms with E-state index in [1.807, 2.05) is 19.1 Å². The molecule has 1 aromatic heterocycles. The minimum atomic E-state index is -0.313. The van der Waals surface area contributed by atoms with E-state index in [1.54, 1.807) is 14.2 Å². The lowest BCUT2D eigenvalue weighted by molar-refractivity contribution is 0.0605. The average molecular weight is 266 g/mol. The molecular formula is C13H14O4S. The predicted molar refractivity (Wildman–Crippen MR) is 71.0 cm³/mol. The summed E-state index contributed by atoms with van der Waals surface area (Å²) in [5.41, 5.74) is 0.905. The van der Waals surface area contributed by atoms with Gasteiger partial charge in [0.25, 0.3) is 0 Å². The Bertz CT molecular complexity index is 601. The highest BCUT2D eigenvalue weighted by molar-refractivity contribution is 7.21. The lowest BCUT2D eigenvalue weighted by atomic mass is 10.1. The minimum Gasteiger partial charge on any atom is -0.493 e. The normalized spacial score (nSPS) is 10.4. The third-order valence-electron chi connectivity index (χ3n) is 2.81. The Kier molecular flexibility index (Phi) is 3.43. The monoisotopic (exact) mass is 266 g/mol. The third kappa shape index (κ3) is 1.90. The number of ether oxygens (including phenoxy) is 3. The summed E-state index contributed by atoms with van der Waals surface area (Å²) in [7, 11) is 4.56. The van der Waals surface area contributed by atoms with Crippen LogP contribution in [-0.2, 0) is 4.74 Å². The Morgan fingerprint density at radius 2 is 1.72 bits per heavy atom. The van der Waals surface area contributed by atoms with Gasteiger partial charge in [0.15, 0.2) is 11.5 Å². The van der Waals surface area contributed by atoms with Gasteiger partial charge in [-0.2, -0.15) is 0 Å². The van der Waals surface area contributed by atoms with Crippen molar-refractivity contribution in [3.05, 3.63) is 22.6 Å². The van der Waals surface area contributed by atoms with Crippen LogP contribution in [0.5, 0.6) is 11.5 Å². The number of carbonyl (C=O) groups is 1. The highest BCUT2D eigenvalue weighted by atomic mass is 32.1. The number of thiophene rings is 1. The van der Waals surface area contributed by atoms with Gasteiger partial charge in [0.05, 0.1) is 21.3 Å². The molecule has 4 nitrogen and oxygen atoms in total. The minimum absolute atomic E-state index is 0.313. The fraction of sp³-hybridized carbons (Fsp3) is 0.308. The number of carbonyl (C=O) groups excluding carboxylic acids is 1. The smallest absolute Gasteiger partial charge is 0.348 e. The molecule has 0 aliphatic heterocycles. The molecule has 0 N–H and O–H groups in total. The fourth-order valence-electron chi connectivity index (χ4n) is 1.83. The summed E-state index contributed by atoms with van der Waals surface area (Å²) in [6, 6.07) is 3.75. The quantitative estimate of drug-likeness (QED) is 0.801. The molecule has 96 valence electrons. The van der Waals surface area contributed by atoms with E-state index in [4.69, 9.17) is 14.2 Å². The van der Waals surface area contributed by atoms with Crippen LogP contribution in [0.25, 0.3) is 10.1 Å². The van der Waals surface area contributed by atoms with Crippen molar-refractivity contribution in [3.8, 4) is 11.5 Å². The van der Waals surface area contributed by atoms with Crippen LogP contribution in [0, 0.1) is 6.92 Å². The summed E-state index contributed by atoms with van der Waals surface area (Å²) in [5.74, 6) is 0.997. The molecule has 0 fully saturated rings. The van der Waals surface area contributed by atoms with Crippen LogP contribution in [0.2, 0.25) is 0 Å². The first kappa shape index (κ1) is 12.7. The molecule has 0 radical (unpaired) electrons. The zero-order valence-corrected chi connectivity index (χ0v) is 11.5. The largest absolute Gasteiger partial charge is 0.493 e. The number of methoxy groups -OCH3 is 3. The molecule has 1 heterocycles. The summed E-state index contributed by atoms with van der Waals surface area (Å²) in [6.07, 6.45) is 0. The molecule has 0 saturated heterocycles. The topological polar surface area (TPSA) is 44.8 Å². The maximum Gasteiger partial charge on any atom is 0.348 e. The van der Waals surface area contributed by atoms with Crippen molar-refractivity contribution in [2.45, 2.75) is 6.92 Å². The van der Waals surface area contributed by atoms with Crippen LogP contribution in [0.4, 0.5) is 0 Å². The van der Waals surface area contributed by atoms with Gasteiger partial charge >= 0.3 is 5.97 Å². The molecule has 0 spiro atoms. The van der Waals surface area contributed by atoms with Gasteiger partial charge in [0.1, 0.15) is 4.88 Å². The predicted octanol–water partition coefficient (Wildman–Crippen LogP) is 3.01. The van der Waals surface area contributed by atoms with Gasteiger partial charge < -0.3 is 14.2 Å². The van der Waals surface area contributed by atoms with Crippen molar-refractivity contribution < 1.29 is 19.0 Å². The summed E-state index contributed by atoms with van der Waals surface area (Å²) in [6.45, 7) is 1.90. The molecule has 1 aromatic carbocycles. The molecule has 0 aliphatic rings. The van der Waals surface area contributed by atoms with E-state index in [0.717, 1.165) is 15.6 Å². The molecule has 5 heteroatoms. The molecule has 0 unspecified atom stereocenters. The van der Waals surface area contributed by atoms with Gasteiger partial charge in [0, 0.05) is 16.2 Å². The van der Waals surface area contributed by atoms with Crippen molar-refractivity contribution in [1.82, 2.24) is 0 Å². The van der Waals surface area contributed by atoms with Gasteiger partial charge in [-0.1, -0.05) is 0 Å². The first-order valence-electron chi connectivity index (χ1n) is 5.35. The van der Waals surface area contributed by atoms with Gasteiger partial charge in [0.2, 0.25) is 0 Å². The Hall–Kier alpha value is -1.75. The number of rotatable bonds is 3. The third-order valence-corrected chi connectivity index (χ3v) is 4.05. The number of hydrogen-bond acceptors (Lipinski definition) is 5. The average Bonchev–Trinajstić information content (AvgIpc) is 2.73. The van der Waals surface area contributed by atoms with E-state index in [9.17, 15) is 4.79 Å². The summed E-state index contributed by atoms with van der Waals surface area (Å²) >= 11 is 1.40. The van der Waals surface area contributed by atoms with Crippen molar-refractivity contribution in [1.29, 1.82) is 0 Å². The fourth-order valence-corrected chi connectivity index (χ4v) is 2.97. The van der Waals surface area contributed by atoms with Crippen molar-refractivity contribution in [2.75, 3.05) is 21.3 Å². The Balaban J connectivity index is 2.69. The van der Waals surface area contributed by atoms with E-state index >= 15 is 0 Å². The van der Waals surface area contributed by atoms with Crippen LogP contribution in [0.15, 0.2) is 12.1 Å². The maximum atomic E-state index is 11.6. The molecular weight excluding hydrogens is 252 g/mol. The zero-order chi connectivity index (χ0) is 13.3. The SMILES string of the molecule is COC(=O)c1sc2cc(OC)c(OC)cc2c1C. The molecule has 0 aliphatic carbocycles. The number of aryl methyl sites for hydroxylation is 1. The second kappa shape index (κ2) is 4.86. The summed E-state index contributed by atoms with van der Waals surface area (Å²) in [4.78, 5) is 12.3. The van der Waals surface area contributed by atoms with Crippen LogP contribution >= 0.6 is 11.3 Å². The van der Waals surface area contributed by atoms with Crippen molar-refractivity contribution in [2.24, 2.45) is 0 Å². The Morgan fingerprint density at radius 1 is 1.11 bits per heavy atom. The molecule has 18 heavy (non-hydrogen) atoms. The van der Waals surface area contributed by atoms with E-state index < -0.39 is 0 Å². The van der Waals surface area contributed by atoms with Gasteiger partial charge in [-0.05, 0) is 18.6 Å². The molecule has 0 amide bonds. The highest BCUT2D eigenvalue weighted by Gasteiger charge is 2.18. The van der Waals surface area contributed by atoms with Crippen LogP contribution in [0.1, 0.15) is 15.2 Å². The zero-order valence-electron chi connectivity index (χ0n) is 10.7. The summed E-state index contributed by atoms with van der Waals surface area (Å²) in [5, 5.41) is 0.984. The first-order valence-corrected chi connectivity index (χ1v) is 6.17. The number of esters is 1. The van der Waals surface area contributed by atoms with Gasteiger partial charge in [-0.15, -0.1) is 11.3 Å². The van der Waals surface area contributed by atoms with E-state index in [-0.39, 0.29) is 5.97 Å². The van der Waals surface area contributed by atoms with Gasteiger partial charge in [-0.3, -0.25) is 0 Å². The van der Waals surface area contributed by atoms with Crippen molar-refractivity contribution in [3.63, 3.8) is 0 Å². The lowest BCUT2D eigenvalue weighted by Gasteiger charge is -2.07. The van der Waals surface area contributed by atoms with E-state index in [2.05, 4.69) is 0 Å². The second-order valence-corrected chi connectivity index (χ2v) is 4.80. The molecule has 0 saturated carbocycles. The van der Waals surface area contributed by atoms with Gasteiger partial charge in [-0.25, -0.2) is 4.79 Å².